The molecule has 0 radical (unpaired) electrons. The second-order valence-electron chi connectivity index (χ2n) is 4.02. The summed E-state index contributed by atoms with van der Waals surface area (Å²) in [7, 11) is 0. The third kappa shape index (κ3) is 1.93. The predicted octanol–water partition coefficient (Wildman–Crippen LogP) is 2.77. The van der Waals surface area contributed by atoms with Gasteiger partial charge in [-0.25, -0.2) is 0 Å². The third-order valence-electron chi connectivity index (χ3n) is 2.64. The van der Waals surface area contributed by atoms with Gasteiger partial charge in [0.15, 0.2) is 5.60 Å². The second kappa shape index (κ2) is 3.52. The lowest BCUT2D eigenvalue weighted by molar-refractivity contribution is 0.358. The molecule has 0 aromatic heterocycles. The number of ether oxygens (including phenoxy) is 1. The molecule has 0 spiro atoms. The predicted molar refractivity (Wildman–Crippen MR) is 59.0 cm³/mol. The first-order valence-corrected chi connectivity index (χ1v) is 4.98. The molecule has 1 aliphatic heterocycles. The van der Waals surface area contributed by atoms with Crippen LogP contribution >= 0.6 is 0 Å². The fourth-order valence-electron chi connectivity index (χ4n) is 1.71. The molecule has 1 aliphatic rings. The number of benzene rings is 1. The summed E-state index contributed by atoms with van der Waals surface area (Å²) >= 11 is 0. The zero-order valence-electron chi connectivity index (χ0n) is 8.90. The van der Waals surface area contributed by atoms with E-state index in [1.807, 2.05) is 44.2 Å². The van der Waals surface area contributed by atoms with E-state index < -0.39 is 5.60 Å². The van der Waals surface area contributed by atoms with Crippen molar-refractivity contribution in [2.75, 3.05) is 0 Å². The number of nitriles is 1. The van der Waals surface area contributed by atoms with E-state index in [9.17, 15) is 0 Å². The molecule has 0 unspecified atom stereocenters. The van der Waals surface area contributed by atoms with E-state index in [1.54, 1.807) is 0 Å². The van der Waals surface area contributed by atoms with E-state index >= 15 is 0 Å². The quantitative estimate of drug-likeness (QED) is 0.687. The van der Waals surface area contributed by atoms with Crippen molar-refractivity contribution in [3.8, 4) is 6.07 Å². The Morgan fingerprint density at radius 1 is 1.47 bits per heavy atom. The summed E-state index contributed by atoms with van der Waals surface area (Å²) in [6.07, 6.45) is 2.02. The van der Waals surface area contributed by atoms with Gasteiger partial charge in [0, 0.05) is 0 Å². The van der Waals surface area contributed by atoms with Gasteiger partial charge >= 0.3 is 0 Å². The molecule has 2 heteroatoms. The minimum absolute atomic E-state index is 0.0392. The molecular formula is C13H13NO. The van der Waals surface area contributed by atoms with Crippen LogP contribution < -0.4 is 0 Å². The van der Waals surface area contributed by atoms with Gasteiger partial charge in [0.05, 0.1) is 0 Å². The monoisotopic (exact) mass is 199 g/mol. The van der Waals surface area contributed by atoms with Crippen LogP contribution in [0.1, 0.15) is 19.4 Å². The SMILES string of the molecule is C/C(=C\c1ccccc1)[C@H]1O[C@]1(C)C#N. The molecule has 0 amide bonds. The number of epoxide rings is 1. The van der Waals surface area contributed by atoms with E-state index in [-0.39, 0.29) is 6.10 Å². The summed E-state index contributed by atoms with van der Waals surface area (Å²) in [5, 5.41) is 8.85. The summed E-state index contributed by atoms with van der Waals surface area (Å²) in [4.78, 5) is 0. The van der Waals surface area contributed by atoms with Crippen molar-refractivity contribution >= 4 is 6.08 Å². The average molecular weight is 199 g/mol. The average Bonchev–Trinajstić information content (AvgIpc) is 2.93. The molecule has 2 nitrogen and oxygen atoms in total. The lowest BCUT2D eigenvalue weighted by atomic mass is 10.0. The maximum absolute atomic E-state index is 8.85. The Hall–Kier alpha value is -1.59. The van der Waals surface area contributed by atoms with Gasteiger partial charge in [-0.1, -0.05) is 36.4 Å². The molecule has 0 N–H and O–H groups in total. The maximum atomic E-state index is 8.85. The molecule has 1 heterocycles. The molecule has 15 heavy (non-hydrogen) atoms. The standard InChI is InChI=1S/C13H13NO/c1-10(12-13(2,9-14)15-12)8-11-6-4-3-5-7-11/h3-8,12H,1-2H3/b10-8+/t12-,13-/m1/s1. The molecule has 2 rings (SSSR count). The van der Waals surface area contributed by atoms with Crippen LogP contribution in [0.5, 0.6) is 0 Å². The molecular weight excluding hydrogens is 186 g/mol. The Morgan fingerprint density at radius 2 is 2.13 bits per heavy atom. The van der Waals surface area contributed by atoms with Gasteiger partial charge in [-0.2, -0.15) is 5.26 Å². The van der Waals surface area contributed by atoms with Crippen molar-refractivity contribution in [1.82, 2.24) is 0 Å². The molecule has 2 atom stereocenters. The van der Waals surface area contributed by atoms with Crippen molar-refractivity contribution in [1.29, 1.82) is 5.26 Å². The Labute approximate surface area is 89.8 Å². The van der Waals surface area contributed by atoms with Gasteiger partial charge < -0.3 is 4.74 Å². The van der Waals surface area contributed by atoms with E-state index in [0.29, 0.717) is 0 Å². The minimum atomic E-state index is -0.602. The number of nitrogens with zero attached hydrogens (tertiary/aromatic N) is 1. The molecule has 76 valence electrons. The fraction of sp³-hybridized carbons (Fsp3) is 0.308. The highest BCUT2D eigenvalue weighted by Crippen LogP contribution is 2.40. The van der Waals surface area contributed by atoms with E-state index in [1.165, 1.54) is 0 Å². The first kappa shape index (κ1) is 9.95. The smallest absolute Gasteiger partial charge is 0.182 e. The summed E-state index contributed by atoms with van der Waals surface area (Å²) < 4.78 is 5.36. The Balaban J connectivity index is 2.14. The topological polar surface area (TPSA) is 36.3 Å². The van der Waals surface area contributed by atoms with E-state index in [2.05, 4.69) is 12.1 Å². The van der Waals surface area contributed by atoms with Crippen molar-refractivity contribution in [3.63, 3.8) is 0 Å². The van der Waals surface area contributed by atoms with Crippen molar-refractivity contribution in [3.05, 3.63) is 41.5 Å². The summed E-state index contributed by atoms with van der Waals surface area (Å²) in [6.45, 7) is 3.82. The molecule has 1 aromatic rings. The zero-order valence-corrected chi connectivity index (χ0v) is 8.90. The van der Waals surface area contributed by atoms with Crippen LogP contribution in [-0.2, 0) is 4.74 Å². The highest BCUT2D eigenvalue weighted by atomic mass is 16.6. The van der Waals surface area contributed by atoms with Crippen LogP contribution in [0.25, 0.3) is 6.08 Å². The molecule has 0 aliphatic carbocycles. The highest BCUT2D eigenvalue weighted by Gasteiger charge is 2.53. The zero-order chi connectivity index (χ0) is 10.9. The molecule has 1 fully saturated rings. The fourth-order valence-corrected chi connectivity index (χ4v) is 1.71. The lowest BCUT2D eigenvalue weighted by Gasteiger charge is -1.97. The van der Waals surface area contributed by atoms with Crippen molar-refractivity contribution in [2.24, 2.45) is 0 Å². The highest BCUT2D eigenvalue weighted by molar-refractivity contribution is 5.55. The van der Waals surface area contributed by atoms with Gasteiger partial charge in [0.1, 0.15) is 12.2 Å². The Morgan fingerprint density at radius 3 is 2.67 bits per heavy atom. The van der Waals surface area contributed by atoms with Gasteiger partial charge in [-0.3, -0.25) is 0 Å². The summed E-state index contributed by atoms with van der Waals surface area (Å²) in [6, 6.07) is 12.2. The van der Waals surface area contributed by atoms with Gasteiger partial charge in [-0.05, 0) is 25.0 Å². The molecule has 1 saturated heterocycles. The van der Waals surface area contributed by atoms with Crippen LogP contribution in [0.4, 0.5) is 0 Å². The van der Waals surface area contributed by atoms with Crippen LogP contribution in [0.3, 0.4) is 0 Å². The van der Waals surface area contributed by atoms with Crippen LogP contribution in [0.2, 0.25) is 0 Å². The van der Waals surface area contributed by atoms with Crippen LogP contribution in [-0.4, -0.2) is 11.7 Å². The largest absolute Gasteiger partial charge is 0.346 e. The summed E-state index contributed by atoms with van der Waals surface area (Å²) in [5.41, 5.74) is 1.64. The molecule has 0 bridgehead atoms. The van der Waals surface area contributed by atoms with Crippen molar-refractivity contribution < 1.29 is 4.74 Å². The maximum Gasteiger partial charge on any atom is 0.182 e. The van der Waals surface area contributed by atoms with Crippen LogP contribution in [0.15, 0.2) is 35.9 Å². The lowest BCUT2D eigenvalue weighted by Crippen LogP contribution is -2.06. The second-order valence-corrected chi connectivity index (χ2v) is 4.02. The van der Waals surface area contributed by atoms with E-state index in [0.717, 1.165) is 11.1 Å². The van der Waals surface area contributed by atoms with Crippen LogP contribution in [0, 0.1) is 11.3 Å². The summed E-state index contributed by atoms with van der Waals surface area (Å²) in [5.74, 6) is 0. The van der Waals surface area contributed by atoms with Gasteiger partial charge in [0.25, 0.3) is 0 Å². The first-order chi connectivity index (χ1) is 7.15. The number of hydrogen-bond acceptors (Lipinski definition) is 2. The Bertz CT molecular complexity index is 430. The van der Waals surface area contributed by atoms with E-state index in [4.69, 9.17) is 10.00 Å². The Kier molecular flexibility index (Phi) is 2.34. The first-order valence-electron chi connectivity index (χ1n) is 4.98. The number of rotatable bonds is 2. The van der Waals surface area contributed by atoms with Gasteiger partial charge in [-0.15, -0.1) is 0 Å². The third-order valence-corrected chi connectivity index (χ3v) is 2.64. The normalized spacial score (nSPS) is 29.7. The molecule has 0 saturated carbocycles. The number of hydrogen-bond donors (Lipinski definition) is 0. The van der Waals surface area contributed by atoms with Gasteiger partial charge in [0.2, 0.25) is 0 Å². The van der Waals surface area contributed by atoms with Crippen molar-refractivity contribution in [2.45, 2.75) is 25.6 Å². The molecule has 1 aromatic carbocycles. The minimum Gasteiger partial charge on any atom is -0.346 e.